The molecule has 1 atom stereocenters. The maximum absolute atomic E-state index is 13.1. The molecule has 6 nitrogen and oxygen atoms in total. The lowest BCUT2D eigenvalue weighted by atomic mass is 9.95. The van der Waals surface area contributed by atoms with Gasteiger partial charge in [0.2, 0.25) is 0 Å². The van der Waals surface area contributed by atoms with E-state index in [9.17, 15) is 4.79 Å². The van der Waals surface area contributed by atoms with E-state index in [4.69, 9.17) is 18.6 Å². The monoisotopic (exact) mass is 395 g/mol. The Kier molecular flexibility index (Phi) is 5.09. The zero-order chi connectivity index (χ0) is 20.5. The fraction of sp³-hybridized carbons (Fsp3) is 0.348. The molecule has 1 amide bonds. The largest absolute Gasteiger partial charge is 0.497 e. The van der Waals surface area contributed by atoms with Crippen molar-refractivity contribution in [3.63, 3.8) is 0 Å². The number of hydrogen-bond donors (Lipinski definition) is 1. The standard InChI is InChI=1S/C23H25NO5/c1-13(2)21(15-5-7-19-20(11-15)28-10-9-27-19)24-23(25)22-14(3)17-12-16(26-4)6-8-18(17)29-22/h5-8,11-13,21H,9-10H2,1-4H3,(H,24,25)/t21-/m1/s1. The molecule has 0 fully saturated rings. The molecule has 1 aromatic heterocycles. The van der Waals surface area contributed by atoms with Crippen LogP contribution >= 0.6 is 0 Å². The first-order valence-corrected chi connectivity index (χ1v) is 9.75. The summed E-state index contributed by atoms with van der Waals surface area (Å²) < 4.78 is 22.4. The quantitative estimate of drug-likeness (QED) is 0.681. The lowest BCUT2D eigenvalue weighted by molar-refractivity contribution is 0.0898. The fourth-order valence-electron chi connectivity index (χ4n) is 3.64. The first-order chi connectivity index (χ1) is 14.0. The minimum Gasteiger partial charge on any atom is -0.497 e. The summed E-state index contributed by atoms with van der Waals surface area (Å²) in [6.07, 6.45) is 0. The summed E-state index contributed by atoms with van der Waals surface area (Å²) in [5, 5.41) is 4.00. The predicted octanol–water partition coefficient (Wildman–Crippen LogP) is 4.65. The highest BCUT2D eigenvalue weighted by atomic mass is 16.6. The zero-order valence-corrected chi connectivity index (χ0v) is 17.1. The number of hydrogen-bond acceptors (Lipinski definition) is 5. The molecule has 1 N–H and O–H groups in total. The summed E-state index contributed by atoms with van der Waals surface area (Å²) in [4.78, 5) is 13.1. The van der Waals surface area contributed by atoms with Gasteiger partial charge in [-0.1, -0.05) is 19.9 Å². The van der Waals surface area contributed by atoms with Crippen molar-refractivity contribution in [1.82, 2.24) is 5.32 Å². The second-order valence-corrected chi connectivity index (χ2v) is 7.52. The number of furan rings is 1. The highest BCUT2D eigenvalue weighted by Gasteiger charge is 2.25. The number of ether oxygens (including phenoxy) is 3. The van der Waals surface area contributed by atoms with E-state index in [2.05, 4.69) is 19.2 Å². The summed E-state index contributed by atoms with van der Waals surface area (Å²) in [5.74, 6) is 2.41. The Labute approximate surface area is 169 Å². The van der Waals surface area contributed by atoms with Gasteiger partial charge >= 0.3 is 0 Å². The van der Waals surface area contributed by atoms with Crippen molar-refractivity contribution in [2.24, 2.45) is 5.92 Å². The fourth-order valence-corrected chi connectivity index (χ4v) is 3.64. The van der Waals surface area contributed by atoms with Crippen LogP contribution < -0.4 is 19.5 Å². The van der Waals surface area contributed by atoms with Crippen LogP contribution in [0.15, 0.2) is 40.8 Å². The Bertz CT molecular complexity index is 1050. The van der Waals surface area contributed by atoms with E-state index < -0.39 is 0 Å². The van der Waals surface area contributed by atoms with Gasteiger partial charge in [-0.2, -0.15) is 0 Å². The van der Waals surface area contributed by atoms with Crippen molar-refractivity contribution in [2.75, 3.05) is 20.3 Å². The van der Waals surface area contributed by atoms with E-state index in [1.165, 1.54) is 0 Å². The number of amides is 1. The summed E-state index contributed by atoms with van der Waals surface area (Å²) in [7, 11) is 1.62. The number of rotatable bonds is 5. The average molecular weight is 395 g/mol. The predicted molar refractivity (Wildman–Crippen MR) is 110 cm³/mol. The molecule has 4 rings (SSSR count). The summed E-state index contributed by atoms with van der Waals surface area (Å²) in [6.45, 7) is 7.09. The lowest BCUT2D eigenvalue weighted by Gasteiger charge is -2.25. The highest BCUT2D eigenvalue weighted by Crippen LogP contribution is 2.35. The molecule has 0 unspecified atom stereocenters. The molecule has 152 valence electrons. The number of carbonyl (C=O) groups is 1. The Hall–Kier alpha value is -3.15. The molecule has 2 aromatic carbocycles. The molecule has 0 aliphatic carbocycles. The first-order valence-electron chi connectivity index (χ1n) is 9.75. The van der Waals surface area contributed by atoms with Crippen LogP contribution in [0.4, 0.5) is 0 Å². The van der Waals surface area contributed by atoms with Gasteiger partial charge in [-0.05, 0) is 48.7 Å². The summed E-state index contributed by atoms with van der Waals surface area (Å²) in [6, 6.07) is 11.1. The van der Waals surface area contributed by atoms with Gasteiger partial charge in [-0.3, -0.25) is 4.79 Å². The number of nitrogens with one attached hydrogen (secondary N) is 1. The molecule has 0 spiro atoms. The molecule has 0 saturated heterocycles. The van der Waals surface area contributed by atoms with Gasteiger partial charge in [0.1, 0.15) is 24.5 Å². The van der Waals surface area contributed by atoms with Crippen molar-refractivity contribution in [2.45, 2.75) is 26.8 Å². The number of fused-ring (bicyclic) bond motifs is 2. The topological polar surface area (TPSA) is 69.9 Å². The van der Waals surface area contributed by atoms with Gasteiger partial charge in [0.15, 0.2) is 17.3 Å². The third kappa shape index (κ3) is 3.62. The molecule has 1 aliphatic heterocycles. The number of carbonyl (C=O) groups excluding carboxylic acids is 1. The van der Waals surface area contributed by atoms with E-state index in [1.807, 2.05) is 43.3 Å². The van der Waals surface area contributed by atoms with Gasteiger partial charge in [-0.15, -0.1) is 0 Å². The Morgan fingerprint density at radius 2 is 1.83 bits per heavy atom. The molecular formula is C23H25NO5. The minimum atomic E-state index is -0.244. The maximum atomic E-state index is 13.1. The Morgan fingerprint density at radius 3 is 2.55 bits per heavy atom. The van der Waals surface area contributed by atoms with Crippen molar-refractivity contribution in [1.29, 1.82) is 0 Å². The second-order valence-electron chi connectivity index (χ2n) is 7.52. The van der Waals surface area contributed by atoms with Gasteiger partial charge < -0.3 is 23.9 Å². The minimum absolute atomic E-state index is 0.172. The molecule has 1 aliphatic rings. The van der Waals surface area contributed by atoms with Crippen molar-refractivity contribution < 1.29 is 23.4 Å². The van der Waals surface area contributed by atoms with Crippen LogP contribution in [0.25, 0.3) is 11.0 Å². The van der Waals surface area contributed by atoms with Gasteiger partial charge in [0.25, 0.3) is 5.91 Å². The molecule has 29 heavy (non-hydrogen) atoms. The zero-order valence-electron chi connectivity index (χ0n) is 17.1. The van der Waals surface area contributed by atoms with E-state index >= 15 is 0 Å². The molecule has 2 heterocycles. The van der Waals surface area contributed by atoms with Crippen LogP contribution in [0.3, 0.4) is 0 Å². The van der Waals surface area contributed by atoms with Crippen LogP contribution in [0, 0.1) is 12.8 Å². The number of benzene rings is 2. The van der Waals surface area contributed by atoms with Crippen molar-refractivity contribution in [3.8, 4) is 17.2 Å². The first kappa shape index (κ1) is 19.2. The van der Waals surface area contributed by atoms with E-state index in [1.54, 1.807) is 7.11 Å². The maximum Gasteiger partial charge on any atom is 0.287 e. The van der Waals surface area contributed by atoms with Crippen LogP contribution in [0.5, 0.6) is 17.2 Å². The van der Waals surface area contributed by atoms with E-state index in [0.717, 1.165) is 28.0 Å². The molecule has 0 radical (unpaired) electrons. The van der Waals surface area contributed by atoms with Crippen LogP contribution in [0.2, 0.25) is 0 Å². The number of aryl methyl sites for hydroxylation is 1. The Balaban J connectivity index is 1.63. The van der Waals surface area contributed by atoms with Crippen molar-refractivity contribution >= 4 is 16.9 Å². The van der Waals surface area contributed by atoms with Gasteiger partial charge in [0, 0.05) is 10.9 Å². The van der Waals surface area contributed by atoms with Crippen LogP contribution in [0.1, 0.15) is 41.6 Å². The van der Waals surface area contributed by atoms with Crippen LogP contribution in [-0.4, -0.2) is 26.2 Å². The van der Waals surface area contributed by atoms with E-state index in [-0.39, 0.29) is 17.9 Å². The molecule has 6 heteroatoms. The molecular weight excluding hydrogens is 370 g/mol. The van der Waals surface area contributed by atoms with Crippen LogP contribution in [-0.2, 0) is 0 Å². The molecule has 3 aromatic rings. The molecule has 0 saturated carbocycles. The summed E-state index contributed by atoms with van der Waals surface area (Å²) >= 11 is 0. The summed E-state index contributed by atoms with van der Waals surface area (Å²) in [5.41, 5.74) is 2.42. The third-order valence-corrected chi connectivity index (χ3v) is 5.23. The third-order valence-electron chi connectivity index (χ3n) is 5.23. The normalized spacial score (nSPS) is 14.1. The van der Waals surface area contributed by atoms with E-state index in [0.29, 0.717) is 30.3 Å². The smallest absolute Gasteiger partial charge is 0.287 e. The molecule has 0 bridgehead atoms. The second kappa shape index (κ2) is 7.70. The lowest BCUT2D eigenvalue weighted by Crippen LogP contribution is -2.32. The SMILES string of the molecule is COc1ccc2oc(C(=O)N[C@@H](c3ccc4c(c3)OCCO4)C(C)C)c(C)c2c1. The van der Waals surface area contributed by atoms with Crippen molar-refractivity contribution in [3.05, 3.63) is 53.3 Å². The van der Waals surface area contributed by atoms with Gasteiger partial charge in [-0.25, -0.2) is 0 Å². The van der Waals surface area contributed by atoms with Gasteiger partial charge in [0.05, 0.1) is 13.2 Å². The highest BCUT2D eigenvalue weighted by molar-refractivity contribution is 5.99. The average Bonchev–Trinajstić information content (AvgIpc) is 3.07. The number of methoxy groups -OCH3 is 1. The Morgan fingerprint density at radius 1 is 1.07 bits per heavy atom.